The zero-order chi connectivity index (χ0) is 11.9. The second kappa shape index (κ2) is 4.23. The fraction of sp³-hybridized carbons (Fsp3) is 0.556. The van der Waals surface area contributed by atoms with Crippen molar-refractivity contribution in [3.63, 3.8) is 0 Å². The summed E-state index contributed by atoms with van der Waals surface area (Å²) < 4.78 is 23.4. The third kappa shape index (κ3) is 2.38. The highest BCUT2D eigenvalue weighted by Gasteiger charge is 2.31. The molecule has 1 aromatic heterocycles. The van der Waals surface area contributed by atoms with Crippen molar-refractivity contribution >= 4 is 37.4 Å². The van der Waals surface area contributed by atoms with Crippen molar-refractivity contribution in [1.82, 2.24) is 9.97 Å². The van der Waals surface area contributed by atoms with Gasteiger partial charge in [-0.25, -0.2) is 18.4 Å². The molecule has 0 bridgehead atoms. The first kappa shape index (κ1) is 12.3. The minimum absolute atomic E-state index is 0.116. The number of nitrogens with zero attached hydrogens (tertiary/aromatic N) is 2. The quantitative estimate of drug-likeness (QED) is 0.742. The van der Waals surface area contributed by atoms with Crippen LogP contribution in [0.1, 0.15) is 23.9 Å². The second-order valence-electron chi connectivity index (χ2n) is 3.87. The van der Waals surface area contributed by atoms with Crippen LogP contribution in [0.4, 0.5) is 0 Å². The van der Waals surface area contributed by atoms with Crippen molar-refractivity contribution in [2.45, 2.75) is 19.3 Å². The van der Waals surface area contributed by atoms with Crippen LogP contribution in [-0.4, -0.2) is 29.9 Å². The molecule has 1 aliphatic rings. The SMILES string of the molecule is Cc1nc(C2CCS(=O)(=O)C2)nc(Cl)c1Br. The maximum absolute atomic E-state index is 11.4. The van der Waals surface area contributed by atoms with Gasteiger partial charge in [0.1, 0.15) is 11.0 Å². The van der Waals surface area contributed by atoms with Crippen LogP contribution in [0.5, 0.6) is 0 Å². The van der Waals surface area contributed by atoms with Crippen LogP contribution in [-0.2, 0) is 9.84 Å². The van der Waals surface area contributed by atoms with E-state index >= 15 is 0 Å². The summed E-state index contributed by atoms with van der Waals surface area (Å²) in [5, 5.41) is 0.340. The minimum Gasteiger partial charge on any atom is -0.237 e. The Balaban J connectivity index is 2.36. The molecule has 1 aromatic rings. The molecule has 0 radical (unpaired) electrons. The Kier molecular flexibility index (Phi) is 3.25. The smallest absolute Gasteiger partial charge is 0.151 e. The summed E-state index contributed by atoms with van der Waals surface area (Å²) in [6.45, 7) is 1.81. The van der Waals surface area contributed by atoms with Crippen molar-refractivity contribution in [3.8, 4) is 0 Å². The topological polar surface area (TPSA) is 59.9 Å². The Bertz CT molecular complexity index is 509. The van der Waals surface area contributed by atoms with Crippen molar-refractivity contribution in [2.24, 2.45) is 0 Å². The minimum atomic E-state index is -2.91. The molecule has 2 heterocycles. The molecule has 0 aromatic carbocycles. The van der Waals surface area contributed by atoms with E-state index in [9.17, 15) is 8.42 Å². The van der Waals surface area contributed by atoms with Crippen LogP contribution in [0.2, 0.25) is 5.15 Å². The Labute approximate surface area is 107 Å². The van der Waals surface area contributed by atoms with Gasteiger partial charge in [-0.3, -0.25) is 0 Å². The van der Waals surface area contributed by atoms with Crippen molar-refractivity contribution in [2.75, 3.05) is 11.5 Å². The number of sulfone groups is 1. The number of aromatic nitrogens is 2. The molecule has 1 atom stereocenters. The summed E-state index contributed by atoms with van der Waals surface area (Å²) in [4.78, 5) is 8.40. The lowest BCUT2D eigenvalue weighted by atomic mass is 10.1. The third-order valence-electron chi connectivity index (χ3n) is 2.59. The Morgan fingerprint density at radius 2 is 2.12 bits per heavy atom. The summed E-state index contributed by atoms with van der Waals surface area (Å²) in [5.41, 5.74) is 0.735. The Morgan fingerprint density at radius 1 is 1.44 bits per heavy atom. The van der Waals surface area contributed by atoms with E-state index in [4.69, 9.17) is 11.6 Å². The molecule has 16 heavy (non-hydrogen) atoms. The molecule has 1 fully saturated rings. The molecular weight excluding hydrogens is 316 g/mol. The highest BCUT2D eigenvalue weighted by molar-refractivity contribution is 9.10. The number of hydrogen-bond acceptors (Lipinski definition) is 4. The molecule has 0 N–H and O–H groups in total. The zero-order valence-corrected chi connectivity index (χ0v) is 11.7. The van der Waals surface area contributed by atoms with E-state index in [1.807, 2.05) is 6.92 Å². The lowest BCUT2D eigenvalue weighted by Gasteiger charge is -2.08. The highest BCUT2D eigenvalue weighted by atomic mass is 79.9. The molecule has 0 saturated carbocycles. The monoisotopic (exact) mass is 324 g/mol. The fourth-order valence-corrected chi connectivity index (χ4v) is 3.87. The Hall–Kier alpha value is -0.200. The lowest BCUT2D eigenvalue weighted by Crippen LogP contribution is -2.08. The van der Waals surface area contributed by atoms with E-state index in [0.29, 0.717) is 21.9 Å². The summed E-state index contributed by atoms with van der Waals surface area (Å²) in [5.74, 6) is 0.763. The van der Waals surface area contributed by atoms with E-state index in [-0.39, 0.29) is 17.4 Å². The third-order valence-corrected chi connectivity index (χ3v) is 5.81. The molecule has 1 unspecified atom stereocenters. The first-order chi connectivity index (χ1) is 7.39. The van der Waals surface area contributed by atoms with Gasteiger partial charge in [0, 0.05) is 5.92 Å². The van der Waals surface area contributed by atoms with E-state index in [1.54, 1.807) is 0 Å². The average molecular weight is 326 g/mol. The van der Waals surface area contributed by atoms with Gasteiger partial charge in [-0.15, -0.1) is 0 Å². The van der Waals surface area contributed by atoms with Crippen molar-refractivity contribution in [3.05, 3.63) is 21.1 Å². The average Bonchev–Trinajstić information content (AvgIpc) is 2.54. The van der Waals surface area contributed by atoms with Gasteiger partial charge in [0.05, 0.1) is 21.7 Å². The zero-order valence-electron chi connectivity index (χ0n) is 8.57. The predicted octanol–water partition coefficient (Wildman–Crippen LogP) is 2.10. The van der Waals surface area contributed by atoms with Gasteiger partial charge >= 0.3 is 0 Å². The molecular formula is C9H10BrClN2O2S. The normalized spacial score (nSPS) is 23.6. The fourth-order valence-electron chi connectivity index (χ4n) is 1.73. The summed E-state index contributed by atoms with van der Waals surface area (Å²) in [6, 6.07) is 0. The van der Waals surface area contributed by atoms with Gasteiger partial charge in [0.2, 0.25) is 0 Å². The summed E-state index contributed by atoms with van der Waals surface area (Å²) in [7, 11) is -2.91. The van der Waals surface area contributed by atoms with Gasteiger partial charge in [-0.2, -0.15) is 0 Å². The van der Waals surface area contributed by atoms with E-state index in [1.165, 1.54) is 0 Å². The summed E-state index contributed by atoms with van der Waals surface area (Å²) >= 11 is 9.19. The van der Waals surface area contributed by atoms with Gasteiger partial charge in [-0.1, -0.05) is 11.6 Å². The summed E-state index contributed by atoms with van der Waals surface area (Å²) in [6.07, 6.45) is 0.583. The van der Waals surface area contributed by atoms with Crippen LogP contribution in [0.15, 0.2) is 4.47 Å². The van der Waals surface area contributed by atoms with Gasteiger partial charge in [0.15, 0.2) is 9.84 Å². The van der Waals surface area contributed by atoms with Crippen LogP contribution in [0.25, 0.3) is 0 Å². The highest BCUT2D eigenvalue weighted by Crippen LogP contribution is 2.30. The van der Waals surface area contributed by atoms with Crippen LogP contribution in [0.3, 0.4) is 0 Å². The number of rotatable bonds is 1. The predicted molar refractivity (Wildman–Crippen MR) is 65.5 cm³/mol. The van der Waals surface area contributed by atoms with E-state index in [2.05, 4.69) is 25.9 Å². The van der Waals surface area contributed by atoms with Crippen LogP contribution < -0.4 is 0 Å². The van der Waals surface area contributed by atoms with Crippen LogP contribution in [0, 0.1) is 6.92 Å². The standard InChI is InChI=1S/C9H10BrClN2O2S/c1-5-7(10)8(11)13-9(12-5)6-2-3-16(14,15)4-6/h6H,2-4H2,1H3. The van der Waals surface area contributed by atoms with Crippen molar-refractivity contribution in [1.29, 1.82) is 0 Å². The van der Waals surface area contributed by atoms with E-state index < -0.39 is 9.84 Å². The second-order valence-corrected chi connectivity index (χ2v) is 7.25. The van der Waals surface area contributed by atoms with Gasteiger partial charge < -0.3 is 0 Å². The first-order valence-corrected chi connectivity index (χ1v) is 7.78. The molecule has 1 saturated heterocycles. The van der Waals surface area contributed by atoms with Crippen molar-refractivity contribution < 1.29 is 8.42 Å². The first-order valence-electron chi connectivity index (χ1n) is 4.79. The van der Waals surface area contributed by atoms with E-state index in [0.717, 1.165) is 5.69 Å². The molecule has 0 aliphatic carbocycles. The maximum Gasteiger partial charge on any atom is 0.151 e. The molecule has 7 heteroatoms. The van der Waals surface area contributed by atoms with Gasteiger partial charge in [0.25, 0.3) is 0 Å². The Morgan fingerprint density at radius 3 is 2.62 bits per heavy atom. The molecule has 4 nitrogen and oxygen atoms in total. The molecule has 2 rings (SSSR count). The number of aryl methyl sites for hydroxylation is 1. The maximum atomic E-state index is 11.4. The molecule has 0 amide bonds. The molecule has 0 spiro atoms. The number of hydrogen-bond donors (Lipinski definition) is 0. The molecule has 1 aliphatic heterocycles. The largest absolute Gasteiger partial charge is 0.237 e. The van der Waals surface area contributed by atoms with Crippen LogP contribution >= 0.6 is 27.5 Å². The molecule has 88 valence electrons. The van der Waals surface area contributed by atoms with Gasteiger partial charge in [-0.05, 0) is 29.3 Å². The number of halogens is 2. The lowest BCUT2D eigenvalue weighted by molar-refractivity contribution is 0.601.